The molecule has 14 nitrogen and oxygen atoms in total. The molecule has 0 radical (unpaired) electrons. The summed E-state index contributed by atoms with van der Waals surface area (Å²) in [5.74, 6) is -1.99. The summed E-state index contributed by atoms with van der Waals surface area (Å²) < 4.78 is 16.0. The first kappa shape index (κ1) is 54.2. The zero-order valence-electron chi connectivity index (χ0n) is 44.0. The second kappa shape index (κ2) is 24.7. The van der Waals surface area contributed by atoms with Crippen LogP contribution in [-0.2, 0) is 44.6 Å². The van der Waals surface area contributed by atoms with Gasteiger partial charge in [0.05, 0.1) is 6.61 Å². The second-order valence-corrected chi connectivity index (χ2v) is 21.2. The highest BCUT2D eigenvalue weighted by Crippen LogP contribution is 2.44. The van der Waals surface area contributed by atoms with E-state index in [2.05, 4.69) is 52.0 Å². The Kier molecular flexibility index (Phi) is 16.7. The Morgan fingerprint density at radius 2 is 1.23 bits per heavy atom. The molecule has 16 heteroatoms. The number of nitrogens with zero attached hydrogens (tertiary/aromatic N) is 4. The number of β-lactam (4-membered cyclic amide) rings is 1. The van der Waals surface area contributed by atoms with E-state index in [1.165, 1.54) is 34.9 Å². The summed E-state index contributed by atoms with van der Waals surface area (Å²) >= 11 is 2.63. The second-order valence-electron chi connectivity index (χ2n) is 19.2. The molecule has 2 amide bonds. The summed E-state index contributed by atoms with van der Waals surface area (Å²) in [6.45, 7) is 5.23. The molecular weight excluding hydrogens is 1040 g/mol. The first-order chi connectivity index (χ1) is 39.0. The van der Waals surface area contributed by atoms with Crippen LogP contribution < -0.4 is 10.6 Å². The average molecular weight is 1100 g/mol. The van der Waals surface area contributed by atoms with Crippen LogP contribution in [0.25, 0.3) is 6.08 Å². The lowest BCUT2D eigenvalue weighted by Gasteiger charge is -2.49. The maximum Gasteiger partial charge on any atom is 0.511 e. The van der Waals surface area contributed by atoms with Crippen molar-refractivity contribution in [3.8, 4) is 0 Å². The van der Waals surface area contributed by atoms with E-state index in [4.69, 9.17) is 29.2 Å². The molecule has 80 heavy (non-hydrogen) atoms. The number of aromatic nitrogens is 2. The number of hydrogen-bond acceptors (Lipinski definition) is 14. The molecule has 1 fully saturated rings. The number of thioether (sulfide) groups is 1. The third-order valence-electron chi connectivity index (χ3n) is 13.4. The van der Waals surface area contributed by atoms with Gasteiger partial charge in [-0.05, 0) is 39.8 Å². The van der Waals surface area contributed by atoms with Crippen molar-refractivity contribution in [2.24, 2.45) is 11.1 Å². The number of pyridine rings is 1. The molecule has 0 bridgehead atoms. The van der Waals surface area contributed by atoms with Gasteiger partial charge in [-0.25, -0.2) is 14.6 Å². The largest absolute Gasteiger partial charge is 0.511 e. The van der Waals surface area contributed by atoms with Crippen molar-refractivity contribution < 1.29 is 38.2 Å². The number of hydrogen-bond donors (Lipinski definition) is 2. The molecule has 0 aliphatic carbocycles. The summed E-state index contributed by atoms with van der Waals surface area (Å²) in [7, 11) is 0. The molecule has 10 rings (SSSR count). The lowest BCUT2D eigenvalue weighted by atomic mass is 9.77. The lowest BCUT2D eigenvalue weighted by molar-refractivity contribution is -0.169. The molecule has 8 aromatic rings. The summed E-state index contributed by atoms with van der Waals surface area (Å²) in [6, 6.07) is 61.6. The van der Waals surface area contributed by atoms with Crippen molar-refractivity contribution in [2.75, 3.05) is 17.7 Å². The van der Waals surface area contributed by atoms with Gasteiger partial charge in [-0.15, -0.1) is 23.1 Å². The van der Waals surface area contributed by atoms with Gasteiger partial charge in [0.25, 0.3) is 11.8 Å². The highest BCUT2D eigenvalue weighted by atomic mass is 32.2. The number of esters is 1. The predicted molar refractivity (Wildman–Crippen MR) is 310 cm³/mol. The topological polar surface area (TPSA) is 171 Å². The zero-order valence-corrected chi connectivity index (χ0v) is 45.6. The number of rotatable bonds is 20. The van der Waals surface area contributed by atoms with Crippen LogP contribution in [0.5, 0.6) is 0 Å². The van der Waals surface area contributed by atoms with Crippen LogP contribution in [0.3, 0.4) is 0 Å². The number of allylic oxidation sites excluding steroid dienone is 1. The van der Waals surface area contributed by atoms with Gasteiger partial charge in [0.2, 0.25) is 11.9 Å². The molecule has 4 heterocycles. The number of carbonyl (C=O) groups is 4. The molecule has 402 valence electrons. The van der Waals surface area contributed by atoms with Crippen molar-refractivity contribution in [3.63, 3.8) is 0 Å². The fourth-order valence-corrected chi connectivity index (χ4v) is 11.7. The van der Waals surface area contributed by atoms with Crippen LogP contribution in [0.1, 0.15) is 65.4 Å². The fraction of sp³-hybridized carbons (Fsp3) is 0.172. The highest BCUT2D eigenvalue weighted by molar-refractivity contribution is 8.00. The first-order valence-corrected chi connectivity index (χ1v) is 27.9. The molecule has 2 aliphatic heterocycles. The Morgan fingerprint density at radius 3 is 1.73 bits per heavy atom. The Balaban J connectivity index is 1.04. The summed E-state index contributed by atoms with van der Waals surface area (Å²) in [5, 5.41) is 13.0. The minimum absolute atomic E-state index is 0.0459. The molecule has 2 N–H and O–H groups in total. The van der Waals surface area contributed by atoms with E-state index in [9.17, 15) is 14.4 Å². The molecule has 2 aliphatic rings. The van der Waals surface area contributed by atoms with E-state index >= 15 is 4.79 Å². The van der Waals surface area contributed by atoms with E-state index in [-0.39, 0.29) is 35.4 Å². The normalized spacial score (nSPS) is 15.8. The number of thiazole rings is 1. The van der Waals surface area contributed by atoms with E-state index in [1.54, 1.807) is 36.0 Å². The average Bonchev–Trinajstić information content (AvgIpc) is 4.04. The smallest absolute Gasteiger partial charge is 0.434 e. The molecule has 1 saturated heterocycles. The number of anilines is 1. The quantitative estimate of drug-likeness (QED) is 0.0185. The third kappa shape index (κ3) is 11.5. The summed E-state index contributed by atoms with van der Waals surface area (Å²) in [5.41, 5.74) is 3.75. The number of benzene rings is 6. The summed E-state index contributed by atoms with van der Waals surface area (Å²) in [4.78, 5) is 74.4. The zero-order chi connectivity index (χ0) is 55.5. The van der Waals surface area contributed by atoms with Crippen LogP contribution in [-0.4, -0.2) is 74.6 Å². The molecule has 0 spiro atoms. The minimum Gasteiger partial charge on any atom is -0.434 e. The molecule has 2 aromatic heterocycles. The van der Waals surface area contributed by atoms with Crippen molar-refractivity contribution in [3.05, 3.63) is 274 Å². The number of fused-ring (bicyclic) bond motifs is 1. The number of ether oxygens (including phenoxy) is 3. The standard InChI is InChI=1S/C64H56N6O8S2/c1-43(2)40-75-62(74)77-44(3)76-60(73)56-46(37-36-45-23-22-38-65-39-45)41-79-59-55(58(72)70(56)59)67-57(71)54(69-78-64(50-30-16-7-17-31-50,51-32-18-8-19-33-51)52-34-20-9-21-35-52)53-42-80-61(66-53)68-63(47-24-10-4-11-25-47,48-26-12-5-13-27-48)49-28-14-6-15-29-49/h4-39,42-44,55,59H,40-41H2,1-3H3,(H,66,68)(H,67,71)/b37-36-,69-54?/t44?,55-,59+/m1/s1. The van der Waals surface area contributed by atoms with Gasteiger partial charge >= 0.3 is 12.1 Å². The van der Waals surface area contributed by atoms with Crippen molar-refractivity contribution >= 4 is 64.0 Å². The monoisotopic (exact) mass is 1100 g/mol. The molecule has 0 saturated carbocycles. The van der Waals surface area contributed by atoms with Crippen LogP contribution >= 0.6 is 23.1 Å². The van der Waals surface area contributed by atoms with Crippen LogP contribution in [0, 0.1) is 5.92 Å². The first-order valence-electron chi connectivity index (χ1n) is 26.0. The molecule has 1 unspecified atom stereocenters. The van der Waals surface area contributed by atoms with E-state index < -0.39 is 52.8 Å². The van der Waals surface area contributed by atoms with Crippen molar-refractivity contribution in [1.29, 1.82) is 0 Å². The Morgan fingerprint density at radius 1 is 0.700 bits per heavy atom. The Labute approximate surface area is 472 Å². The fourth-order valence-electron chi connectivity index (χ4n) is 9.65. The van der Waals surface area contributed by atoms with Gasteiger partial charge < -0.3 is 29.7 Å². The number of carbonyl (C=O) groups excluding carboxylic acids is 4. The summed E-state index contributed by atoms with van der Waals surface area (Å²) in [6.07, 6.45) is 4.41. The van der Waals surface area contributed by atoms with Gasteiger partial charge in [0.1, 0.15) is 28.3 Å². The highest BCUT2D eigenvalue weighted by Gasteiger charge is 2.55. The van der Waals surface area contributed by atoms with Crippen LogP contribution in [0.15, 0.2) is 234 Å². The van der Waals surface area contributed by atoms with Gasteiger partial charge in [-0.1, -0.05) is 219 Å². The Hall–Kier alpha value is -9.12. The molecule has 6 aromatic carbocycles. The van der Waals surface area contributed by atoms with E-state index in [1.807, 2.05) is 166 Å². The van der Waals surface area contributed by atoms with Gasteiger partial charge in [-0.2, -0.15) is 0 Å². The number of amides is 2. The maximum atomic E-state index is 15.4. The van der Waals surface area contributed by atoms with Crippen LogP contribution in [0.4, 0.5) is 9.93 Å². The molecule has 3 atom stereocenters. The van der Waals surface area contributed by atoms with Crippen LogP contribution in [0.2, 0.25) is 0 Å². The van der Waals surface area contributed by atoms with Gasteiger partial charge in [0.15, 0.2) is 10.8 Å². The van der Waals surface area contributed by atoms with E-state index in [0.717, 1.165) is 38.9 Å². The lowest BCUT2D eigenvalue weighted by Crippen LogP contribution is -2.71. The predicted octanol–water partition coefficient (Wildman–Crippen LogP) is 11.7. The third-order valence-corrected chi connectivity index (χ3v) is 15.5. The van der Waals surface area contributed by atoms with Gasteiger partial charge in [-0.3, -0.25) is 19.5 Å². The Bertz CT molecular complexity index is 3320. The maximum absolute atomic E-state index is 15.4. The number of nitrogens with one attached hydrogen (secondary N) is 2. The van der Waals surface area contributed by atoms with Crippen molar-refractivity contribution in [2.45, 2.75) is 49.6 Å². The molecular formula is C64H56N6O8S2. The van der Waals surface area contributed by atoms with Crippen molar-refractivity contribution in [1.82, 2.24) is 20.2 Å². The van der Waals surface area contributed by atoms with Gasteiger partial charge in [0, 0.05) is 47.1 Å². The number of oxime groups is 1. The SMILES string of the molecule is CC(C)COC(=O)OC(C)OC(=O)C1=C(/C=C\c2cccnc2)CS[C@H]2[C@H](NC(=O)C(=NOC(c3ccccc3)(c3ccccc3)c3ccccc3)c3csc(NC(c4ccccc4)(c4ccccc4)c4ccccc4)n3)C(=O)N12. The van der Waals surface area contributed by atoms with E-state index in [0.29, 0.717) is 10.7 Å². The minimum atomic E-state index is -1.40.